The minimum atomic E-state index is -4.75. The lowest BCUT2D eigenvalue weighted by Gasteiger charge is -2.50. The molecule has 4 amide bonds. The molecule has 16 heteroatoms. The molecule has 1 aromatic heterocycles. The number of nitrogens with one attached hydrogen (secondary N) is 2. The monoisotopic (exact) mass is 778 g/mol. The van der Waals surface area contributed by atoms with E-state index in [-0.39, 0.29) is 34.6 Å². The number of alkyl halides is 3. The molecule has 0 radical (unpaired) electrons. The van der Waals surface area contributed by atoms with Gasteiger partial charge < -0.3 is 9.84 Å². The summed E-state index contributed by atoms with van der Waals surface area (Å²) in [5.74, 6) is -7.28. The first-order valence-corrected chi connectivity index (χ1v) is 16.5. The first-order chi connectivity index (χ1) is 23.2. The van der Waals surface area contributed by atoms with Crippen molar-refractivity contribution in [2.45, 2.75) is 30.4 Å². The van der Waals surface area contributed by atoms with Gasteiger partial charge in [0.05, 0.1) is 45.3 Å². The number of phenols is 1. The van der Waals surface area contributed by atoms with Gasteiger partial charge in [-0.2, -0.15) is 18.2 Å². The van der Waals surface area contributed by atoms with Crippen molar-refractivity contribution >= 4 is 68.6 Å². The van der Waals surface area contributed by atoms with Crippen LogP contribution in [0.3, 0.4) is 0 Å². The summed E-state index contributed by atoms with van der Waals surface area (Å²) >= 11 is 15.8. The lowest BCUT2D eigenvalue weighted by molar-refractivity contribution is -0.139. The van der Waals surface area contributed by atoms with E-state index in [1.54, 1.807) is 30.3 Å². The molecule has 2 aromatic carbocycles. The fourth-order valence-corrected chi connectivity index (χ4v) is 8.78. The molecule has 6 unspecified atom stereocenters. The maximum Gasteiger partial charge on any atom is 0.417 e. The van der Waals surface area contributed by atoms with Crippen LogP contribution in [0, 0.1) is 23.7 Å². The zero-order valence-electron chi connectivity index (χ0n) is 25.1. The van der Waals surface area contributed by atoms with Gasteiger partial charge in [-0.05, 0) is 76.1 Å². The van der Waals surface area contributed by atoms with Crippen LogP contribution in [0.4, 0.5) is 19.0 Å². The predicted octanol–water partition coefficient (Wildman–Crippen LogP) is 6.16. The largest absolute Gasteiger partial charge is 0.503 e. The Bertz CT molecular complexity index is 1990. The highest BCUT2D eigenvalue weighted by Crippen LogP contribution is 2.64. The van der Waals surface area contributed by atoms with Gasteiger partial charge in [-0.3, -0.25) is 29.9 Å². The number of phenolic OH excluding ortho intramolecular Hbond substituents is 1. The number of allylic oxidation sites excluding steroid dienone is 2. The highest BCUT2D eigenvalue weighted by atomic mass is 79.9. The molecule has 3 aromatic rings. The molecule has 3 N–H and O–H groups in total. The smallest absolute Gasteiger partial charge is 0.417 e. The zero-order chi connectivity index (χ0) is 35.2. The maximum absolute atomic E-state index is 15.1. The number of hydrogen-bond donors (Lipinski definition) is 3. The quantitative estimate of drug-likeness (QED) is 0.207. The Morgan fingerprint density at radius 1 is 1.08 bits per heavy atom. The Balaban J connectivity index is 1.46. The number of imide groups is 2. The number of hydrazine groups is 1. The molecule has 2 saturated heterocycles. The molecule has 6 atom stereocenters. The summed E-state index contributed by atoms with van der Waals surface area (Å²) in [5.41, 5.74) is 1.17. The number of aromatic nitrogens is 1. The molecule has 2 aliphatic heterocycles. The van der Waals surface area contributed by atoms with E-state index in [0.717, 1.165) is 0 Å². The van der Waals surface area contributed by atoms with Gasteiger partial charge >= 0.3 is 6.18 Å². The molecule has 0 bridgehead atoms. The number of hydrogen-bond acceptors (Lipinski definition) is 8. The third-order valence-electron chi connectivity index (χ3n) is 10.0. The number of carbonyl (C=O) groups is 4. The van der Waals surface area contributed by atoms with Crippen LogP contribution in [0.25, 0.3) is 0 Å². The van der Waals surface area contributed by atoms with E-state index >= 15 is 4.79 Å². The van der Waals surface area contributed by atoms with Crippen molar-refractivity contribution in [3.63, 3.8) is 0 Å². The molecule has 7 rings (SSSR count). The number of nitrogens with zero attached hydrogens (tertiary/aromatic N) is 2. The molecular weight excluding hydrogens is 756 g/mol. The fraction of sp³-hybridized carbons (Fsp3) is 0.303. The average molecular weight is 780 g/mol. The Hall–Kier alpha value is -4.14. The molecule has 3 heterocycles. The standard InChI is InChI=1S/C33H24BrCl2F3N4O6/c1-49-23-9-13(8-21(34)26(23)44)25-17-6-7-18-24(29(46)41-28(18)45)19(17)11-20-30(47)43(31(48)32(20,25)14-2-4-16(35)5-3-14)42-27-22(36)10-15(12-40-27)33(37,38)39/h2-6,8-10,12,18-20,24-25,44H,7,11H2,1H3,(H,40,42)(H,41,45,46). The Kier molecular flexibility index (Phi) is 7.99. The first kappa shape index (κ1) is 33.4. The lowest BCUT2D eigenvalue weighted by atomic mass is 9.49. The average Bonchev–Trinajstić information content (AvgIpc) is 3.46. The molecule has 49 heavy (non-hydrogen) atoms. The van der Waals surface area contributed by atoms with Crippen LogP contribution < -0.4 is 15.5 Å². The lowest BCUT2D eigenvalue weighted by Crippen LogP contribution is -2.53. The van der Waals surface area contributed by atoms with Crippen molar-refractivity contribution in [1.29, 1.82) is 0 Å². The predicted molar refractivity (Wildman–Crippen MR) is 172 cm³/mol. The molecule has 10 nitrogen and oxygen atoms in total. The fourth-order valence-electron chi connectivity index (χ4n) is 7.98. The van der Waals surface area contributed by atoms with Crippen LogP contribution in [0.15, 0.2) is 64.8 Å². The van der Waals surface area contributed by atoms with Crippen molar-refractivity contribution in [2.24, 2.45) is 23.7 Å². The highest BCUT2D eigenvalue weighted by Gasteiger charge is 2.70. The van der Waals surface area contributed by atoms with Gasteiger partial charge in [-0.15, -0.1) is 0 Å². The van der Waals surface area contributed by atoms with Crippen molar-refractivity contribution in [3.05, 3.63) is 91.5 Å². The van der Waals surface area contributed by atoms with E-state index in [2.05, 4.69) is 31.7 Å². The number of halogens is 6. The molecule has 4 aliphatic rings. The molecule has 2 aliphatic carbocycles. The van der Waals surface area contributed by atoms with Crippen molar-refractivity contribution < 1.29 is 42.2 Å². The second-order valence-electron chi connectivity index (χ2n) is 12.3. The van der Waals surface area contributed by atoms with Gasteiger partial charge in [0.2, 0.25) is 11.8 Å². The van der Waals surface area contributed by atoms with Crippen molar-refractivity contribution in [2.75, 3.05) is 12.5 Å². The summed E-state index contributed by atoms with van der Waals surface area (Å²) in [4.78, 5) is 59.5. The third-order valence-corrected chi connectivity index (χ3v) is 11.1. The maximum atomic E-state index is 15.1. The SMILES string of the molecule is COc1cc(C2C3=CCC4C(=O)NC(=O)C4C3CC3C(=O)N(Nc4ncc(C(F)(F)F)cc4Cl)C(=O)C32c2ccc(Cl)cc2)cc(Br)c1O. The number of rotatable bonds is 5. The van der Waals surface area contributed by atoms with Crippen LogP contribution in [0.5, 0.6) is 11.5 Å². The normalized spacial score (nSPS) is 27.7. The summed E-state index contributed by atoms with van der Waals surface area (Å²) in [5, 5.41) is 13.7. The minimum Gasteiger partial charge on any atom is -0.503 e. The van der Waals surface area contributed by atoms with Crippen molar-refractivity contribution in [1.82, 2.24) is 15.3 Å². The van der Waals surface area contributed by atoms with E-state index < -0.39 is 75.4 Å². The summed E-state index contributed by atoms with van der Waals surface area (Å²) < 4.78 is 45.8. The molecule has 3 fully saturated rings. The number of methoxy groups -OCH3 is 1. The van der Waals surface area contributed by atoms with Gasteiger partial charge in [0.15, 0.2) is 17.3 Å². The summed E-state index contributed by atoms with van der Waals surface area (Å²) in [6, 6.07) is 10.1. The zero-order valence-corrected chi connectivity index (χ0v) is 28.2. The molecular formula is C33H24BrCl2F3N4O6. The van der Waals surface area contributed by atoms with E-state index in [1.165, 1.54) is 13.2 Å². The topological polar surface area (TPSA) is 138 Å². The number of pyridine rings is 1. The number of fused-ring (bicyclic) bond motifs is 4. The minimum absolute atomic E-state index is 0.0276. The number of carbonyl (C=O) groups excluding carboxylic acids is 4. The number of anilines is 1. The van der Waals surface area contributed by atoms with E-state index in [0.29, 0.717) is 39.0 Å². The van der Waals surface area contributed by atoms with Gasteiger partial charge in [0.1, 0.15) is 0 Å². The molecule has 254 valence electrons. The Morgan fingerprint density at radius 2 is 1.80 bits per heavy atom. The number of aromatic hydroxyl groups is 1. The van der Waals surface area contributed by atoms with Gasteiger partial charge in [0, 0.05) is 17.1 Å². The van der Waals surface area contributed by atoms with Crippen LogP contribution in [0.2, 0.25) is 10.0 Å². The van der Waals surface area contributed by atoms with Crippen LogP contribution in [-0.2, 0) is 30.8 Å². The van der Waals surface area contributed by atoms with Crippen molar-refractivity contribution in [3.8, 4) is 11.5 Å². The second-order valence-corrected chi connectivity index (χ2v) is 14.0. The van der Waals surface area contributed by atoms with Crippen LogP contribution >= 0.6 is 39.1 Å². The van der Waals surface area contributed by atoms with Crippen LogP contribution in [0.1, 0.15) is 35.4 Å². The second kappa shape index (κ2) is 11.7. The van der Waals surface area contributed by atoms with Crippen LogP contribution in [-0.4, -0.2) is 45.8 Å². The number of ether oxygens (including phenoxy) is 1. The Morgan fingerprint density at radius 3 is 2.45 bits per heavy atom. The van der Waals surface area contributed by atoms with Gasteiger partial charge in [-0.1, -0.05) is 47.0 Å². The van der Waals surface area contributed by atoms with Gasteiger partial charge in [0.25, 0.3) is 11.8 Å². The number of amides is 4. The summed E-state index contributed by atoms with van der Waals surface area (Å²) in [6.07, 6.45) is -2.22. The van der Waals surface area contributed by atoms with Gasteiger partial charge in [-0.25, -0.2) is 4.98 Å². The summed E-state index contributed by atoms with van der Waals surface area (Å²) in [6.45, 7) is 0. The Labute approximate surface area is 294 Å². The summed E-state index contributed by atoms with van der Waals surface area (Å²) in [7, 11) is 1.35. The highest BCUT2D eigenvalue weighted by molar-refractivity contribution is 9.10. The first-order valence-electron chi connectivity index (χ1n) is 14.9. The number of benzene rings is 2. The van der Waals surface area contributed by atoms with E-state index in [1.807, 2.05) is 6.08 Å². The third kappa shape index (κ3) is 5.01. The molecule has 0 spiro atoms. The van der Waals surface area contributed by atoms with E-state index in [4.69, 9.17) is 27.9 Å². The molecule has 1 saturated carbocycles. The van der Waals surface area contributed by atoms with E-state index in [9.17, 15) is 32.7 Å².